The predicted molar refractivity (Wildman–Crippen MR) is 73.9 cm³/mol. The number of aliphatic hydroxyl groups excluding tert-OH is 1. The van der Waals surface area contributed by atoms with E-state index in [-0.39, 0.29) is 6.61 Å². The van der Waals surface area contributed by atoms with E-state index in [1.54, 1.807) is 11.3 Å². The molecule has 88 valence electrons. The van der Waals surface area contributed by atoms with Crippen molar-refractivity contribution in [1.29, 1.82) is 0 Å². The van der Waals surface area contributed by atoms with E-state index in [9.17, 15) is 0 Å². The predicted octanol–water partition coefficient (Wildman–Crippen LogP) is 3.37. The number of thioether (sulfide) groups is 1. The molecule has 0 aromatic carbocycles. The first kappa shape index (κ1) is 13.6. The fraction of sp³-hybridized carbons (Fsp3) is 0.538. The highest BCUT2D eigenvalue weighted by molar-refractivity contribution is 7.98. The number of hydrogen-bond acceptors (Lipinski definition) is 3. The third kappa shape index (κ3) is 5.60. The van der Waals surface area contributed by atoms with Crippen molar-refractivity contribution in [3.05, 3.63) is 21.9 Å². The second-order valence-electron chi connectivity index (χ2n) is 3.96. The van der Waals surface area contributed by atoms with Crippen LogP contribution in [-0.2, 0) is 5.75 Å². The summed E-state index contributed by atoms with van der Waals surface area (Å²) in [5, 5.41) is 8.59. The van der Waals surface area contributed by atoms with E-state index in [1.165, 1.54) is 17.1 Å². The number of hydrogen-bond donors (Lipinski definition) is 1. The van der Waals surface area contributed by atoms with Gasteiger partial charge in [0.25, 0.3) is 0 Å². The zero-order valence-electron chi connectivity index (χ0n) is 9.82. The lowest BCUT2D eigenvalue weighted by atomic mass is 10.2. The van der Waals surface area contributed by atoms with Crippen molar-refractivity contribution in [2.45, 2.75) is 26.0 Å². The standard InChI is InChI=1S/C13H18OS2/c1-11(2)7-9-15-10-13-6-5-12(16-13)4-3-8-14/h5-6,11,14H,7-10H2,1-2H3. The van der Waals surface area contributed by atoms with E-state index < -0.39 is 0 Å². The Balaban J connectivity index is 2.29. The molecular weight excluding hydrogens is 236 g/mol. The van der Waals surface area contributed by atoms with Gasteiger partial charge in [0.1, 0.15) is 6.61 Å². The lowest BCUT2D eigenvalue weighted by Crippen LogP contribution is -1.89. The maximum absolute atomic E-state index is 8.59. The first-order chi connectivity index (χ1) is 7.72. The van der Waals surface area contributed by atoms with Crippen molar-refractivity contribution < 1.29 is 5.11 Å². The molecule has 1 N–H and O–H groups in total. The maximum Gasteiger partial charge on any atom is 0.104 e. The summed E-state index contributed by atoms with van der Waals surface area (Å²) in [7, 11) is 0. The molecule has 0 aliphatic rings. The smallest absolute Gasteiger partial charge is 0.104 e. The van der Waals surface area contributed by atoms with Crippen molar-refractivity contribution in [3.63, 3.8) is 0 Å². The number of aliphatic hydroxyl groups is 1. The molecule has 0 atom stereocenters. The van der Waals surface area contributed by atoms with Crippen LogP contribution in [0.15, 0.2) is 12.1 Å². The molecule has 0 unspecified atom stereocenters. The van der Waals surface area contributed by atoms with E-state index in [2.05, 4.69) is 31.8 Å². The Morgan fingerprint density at radius 1 is 1.44 bits per heavy atom. The highest BCUT2D eigenvalue weighted by atomic mass is 32.2. The molecule has 0 fully saturated rings. The minimum Gasteiger partial charge on any atom is -0.384 e. The van der Waals surface area contributed by atoms with Gasteiger partial charge in [-0.25, -0.2) is 0 Å². The van der Waals surface area contributed by atoms with Crippen LogP contribution in [0, 0.1) is 17.8 Å². The van der Waals surface area contributed by atoms with Crippen LogP contribution in [0.2, 0.25) is 0 Å². The van der Waals surface area contributed by atoms with Crippen molar-refractivity contribution in [3.8, 4) is 11.8 Å². The topological polar surface area (TPSA) is 20.2 Å². The van der Waals surface area contributed by atoms with Crippen LogP contribution in [0.3, 0.4) is 0 Å². The SMILES string of the molecule is CC(C)CCSCc1ccc(C#CCO)s1. The molecule has 0 bridgehead atoms. The molecule has 0 amide bonds. The summed E-state index contributed by atoms with van der Waals surface area (Å²) in [4.78, 5) is 2.42. The van der Waals surface area contributed by atoms with Gasteiger partial charge in [-0.3, -0.25) is 0 Å². The van der Waals surface area contributed by atoms with Crippen LogP contribution in [0.25, 0.3) is 0 Å². The average Bonchev–Trinajstić information content (AvgIpc) is 2.69. The Labute approximate surface area is 106 Å². The van der Waals surface area contributed by atoms with Gasteiger partial charge in [0, 0.05) is 10.6 Å². The van der Waals surface area contributed by atoms with Crippen LogP contribution >= 0.6 is 23.1 Å². The molecule has 1 nitrogen and oxygen atoms in total. The largest absolute Gasteiger partial charge is 0.384 e. The van der Waals surface area contributed by atoms with E-state index >= 15 is 0 Å². The van der Waals surface area contributed by atoms with Crippen molar-refractivity contribution in [2.75, 3.05) is 12.4 Å². The van der Waals surface area contributed by atoms with E-state index in [0.717, 1.165) is 16.5 Å². The molecule has 3 heteroatoms. The Morgan fingerprint density at radius 2 is 2.25 bits per heavy atom. The normalized spacial score (nSPS) is 10.2. The molecule has 1 aromatic rings. The molecule has 1 aromatic heterocycles. The summed E-state index contributed by atoms with van der Waals surface area (Å²) in [5.74, 6) is 8.71. The molecule has 0 saturated carbocycles. The van der Waals surface area contributed by atoms with Gasteiger partial charge in [-0.15, -0.1) is 11.3 Å². The van der Waals surface area contributed by atoms with Crippen LogP contribution in [0.4, 0.5) is 0 Å². The van der Waals surface area contributed by atoms with Crippen molar-refractivity contribution >= 4 is 23.1 Å². The van der Waals surface area contributed by atoms with Gasteiger partial charge in [0.05, 0.1) is 4.88 Å². The zero-order valence-corrected chi connectivity index (χ0v) is 11.5. The molecular formula is C13H18OS2. The molecule has 16 heavy (non-hydrogen) atoms. The summed E-state index contributed by atoms with van der Waals surface area (Å²) in [6, 6.07) is 4.17. The summed E-state index contributed by atoms with van der Waals surface area (Å²) in [5.41, 5.74) is 0. The van der Waals surface area contributed by atoms with Crippen LogP contribution in [-0.4, -0.2) is 17.5 Å². The fourth-order valence-corrected chi connectivity index (χ4v) is 3.38. The van der Waals surface area contributed by atoms with Gasteiger partial charge in [-0.05, 0) is 30.2 Å². The van der Waals surface area contributed by atoms with Crippen molar-refractivity contribution in [1.82, 2.24) is 0 Å². The first-order valence-electron chi connectivity index (χ1n) is 5.48. The summed E-state index contributed by atoms with van der Waals surface area (Å²) < 4.78 is 0. The van der Waals surface area contributed by atoms with E-state index in [1.807, 2.05) is 17.8 Å². The lowest BCUT2D eigenvalue weighted by Gasteiger charge is -2.02. The highest BCUT2D eigenvalue weighted by Gasteiger charge is 1.99. The first-order valence-corrected chi connectivity index (χ1v) is 7.45. The van der Waals surface area contributed by atoms with Crippen LogP contribution in [0.5, 0.6) is 0 Å². The van der Waals surface area contributed by atoms with Crippen LogP contribution in [0.1, 0.15) is 30.0 Å². The highest BCUT2D eigenvalue weighted by Crippen LogP contribution is 2.22. The Hall–Kier alpha value is -0.430. The van der Waals surface area contributed by atoms with Gasteiger partial charge >= 0.3 is 0 Å². The second kappa shape index (κ2) is 7.78. The maximum atomic E-state index is 8.59. The molecule has 1 heterocycles. The third-order valence-corrected chi connectivity index (χ3v) is 4.26. The third-order valence-electron chi connectivity index (χ3n) is 2.04. The van der Waals surface area contributed by atoms with Crippen LogP contribution < -0.4 is 0 Å². The number of rotatable bonds is 5. The fourth-order valence-electron chi connectivity index (χ4n) is 1.14. The minimum atomic E-state index is -0.0592. The molecule has 0 radical (unpaired) electrons. The van der Waals surface area contributed by atoms with E-state index in [4.69, 9.17) is 5.11 Å². The van der Waals surface area contributed by atoms with E-state index in [0.29, 0.717) is 0 Å². The lowest BCUT2D eigenvalue weighted by molar-refractivity contribution is 0.350. The number of thiophene rings is 1. The van der Waals surface area contributed by atoms with Gasteiger partial charge in [0.15, 0.2) is 0 Å². The molecule has 0 aliphatic heterocycles. The minimum absolute atomic E-state index is 0.0592. The summed E-state index contributed by atoms with van der Waals surface area (Å²) >= 11 is 3.71. The van der Waals surface area contributed by atoms with Gasteiger partial charge in [-0.2, -0.15) is 11.8 Å². The molecule has 0 saturated heterocycles. The van der Waals surface area contributed by atoms with Gasteiger partial charge in [-0.1, -0.05) is 25.7 Å². The molecule has 1 rings (SSSR count). The Kier molecular flexibility index (Phi) is 6.63. The van der Waals surface area contributed by atoms with Crippen molar-refractivity contribution in [2.24, 2.45) is 5.92 Å². The Morgan fingerprint density at radius 3 is 2.94 bits per heavy atom. The summed E-state index contributed by atoms with van der Waals surface area (Å²) in [6.07, 6.45) is 1.28. The average molecular weight is 254 g/mol. The molecule has 0 spiro atoms. The second-order valence-corrected chi connectivity index (χ2v) is 6.23. The van der Waals surface area contributed by atoms with Gasteiger partial charge < -0.3 is 5.11 Å². The Bertz CT molecular complexity index is 357. The summed E-state index contributed by atoms with van der Waals surface area (Å²) in [6.45, 7) is 4.46. The quantitative estimate of drug-likeness (QED) is 0.642. The monoisotopic (exact) mass is 254 g/mol. The molecule has 0 aliphatic carbocycles. The zero-order chi connectivity index (χ0) is 11.8. The van der Waals surface area contributed by atoms with Gasteiger partial charge in [0.2, 0.25) is 0 Å².